The van der Waals surface area contributed by atoms with E-state index in [1.54, 1.807) is 12.1 Å². The molecule has 0 aliphatic carbocycles. The first-order valence-corrected chi connectivity index (χ1v) is 8.01. The monoisotopic (exact) mass is 312 g/mol. The number of hydrogen-bond donors (Lipinski definition) is 2. The number of ether oxygens (including phenoxy) is 2. The molecule has 4 rings (SSSR count). The fourth-order valence-electron chi connectivity index (χ4n) is 2.97. The van der Waals surface area contributed by atoms with Crippen molar-refractivity contribution in [3.63, 3.8) is 0 Å². The molecule has 4 nitrogen and oxygen atoms in total. The molecule has 0 aromatic heterocycles. The van der Waals surface area contributed by atoms with Crippen molar-refractivity contribution in [1.29, 1.82) is 0 Å². The van der Waals surface area contributed by atoms with Crippen LogP contribution in [-0.4, -0.2) is 35.1 Å². The lowest BCUT2D eigenvalue weighted by molar-refractivity contribution is 0.378. The Morgan fingerprint density at radius 1 is 1.04 bits per heavy atom. The number of phenolic OH excluding ortho intramolecular Hbond substituents is 2. The van der Waals surface area contributed by atoms with Gasteiger partial charge >= 0.3 is 0 Å². The summed E-state index contributed by atoms with van der Waals surface area (Å²) in [5, 5.41) is 20.2. The van der Waals surface area contributed by atoms with Gasteiger partial charge in [0.2, 0.25) is 0 Å². The van der Waals surface area contributed by atoms with E-state index < -0.39 is 0 Å². The van der Waals surface area contributed by atoms with E-state index in [2.05, 4.69) is 6.92 Å². The molecule has 2 fully saturated rings. The molecule has 0 saturated carbocycles. The van der Waals surface area contributed by atoms with Gasteiger partial charge in [-0.15, -0.1) is 0 Å². The van der Waals surface area contributed by atoms with Gasteiger partial charge in [-0.3, -0.25) is 0 Å². The van der Waals surface area contributed by atoms with Gasteiger partial charge in [0.1, 0.15) is 11.5 Å². The van der Waals surface area contributed by atoms with Crippen LogP contribution in [0.4, 0.5) is 0 Å². The Hall–Kier alpha value is -2.04. The highest BCUT2D eigenvalue weighted by molar-refractivity contribution is 5.72. The van der Waals surface area contributed by atoms with E-state index in [0.717, 1.165) is 35.3 Å². The second-order valence-electron chi connectivity index (χ2n) is 6.44. The first-order chi connectivity index (χ1) is 11.1. The van der Waals surface area contributed by atoms with Crippen molar-refractivity contribution in [2.75, 3.05) is 6.61 Å². The van der Waals surface area contributed by atoms with Gasteiger partial charge in [-0.05, 0) is 47.9 Å². The van der Waals surface area contributed by atoms with Crippen molar-refractivity contribution in [3.8, 4) is 22.6 Å². The summed E-state index contributed by atoms with van der Waals surface area (Å²) < 4.78 is 10.7. The Bertz CT molecular complexity index is 736. The second kappa shape index (κ2) is 5.55. The molecule has 0 radical (unpaired) electrons. The molecule has 2 unspecified atom stereocenters. The molecule has 2 aliphatic heterocycles. The Labute approximate surface area is 135 Å². The molecular formula is C19H20O4. The van der Waals surface area contributed by atoms with Gasteiger partial charge < -0.3 is 19.7 Å². The number of hydrogen-bond acceptors (Lipinski definition) is 4. The molecule has 2 heterocycles. The highest BCUT2D eigenvalue weighted by Crippen LogP contribution is 2.35. The summed E-state index contributed by atoms with van der Waals surface area (Å²) in [5.41, 5.74) is 3.69. The number of benzene rings is 2. The van der Waals surface area contributed by atoms with Crippen molar-refractivity contribution in [2.24, 2.45) is 0 Å². The number of phenols is 2. The minimum Gasteiger partial charge on any atom is -0.508 e. The lowest BCUT2D eigenvalue weighted by Gasteiger charge is -2.10. The van der Waals surface area contributed by atoms with Crippen molar-refractivity contribution < 1.29 is 19.7 Å². The van der Waals surface area contributed by atoms with E-state index in [4.69, 9.17) is 9.47 Å². The average Bonchev–Trinajstić information content (AvgIpc) is 3.44. The maximum absolute atomic E-state index is 10.2. The number of epoxide rings is 2. The standard InChI is InChI=1S/C19H20O4/c1-11-19(23-11)7-12-2-4-18(21)16(6-12)13-3-5-17(20)14(8-13)9-15-10-22-15/h2-6,8,11,15,19-21H,7,9-10H2,1H3/t11?,15-,19?/m1/s1. The maximum Gasteiger partial charge on any atom is 0.123 e. The third-order valence-corrected chi connectivity index (χ3v) is 4.57. The van der Waals surface area contributed by atoms with E-state index in [1.165, 1.54) is 0 Å². The van der Waals surface area contributed by atoms with Gasteiger partial charge in [-0.1, -0.05) is 12.1 Å². The summed E-state index contributed by atoms with van der Waals surface area (Å²) in [6, 6.07) is 11.1. The first kappa shape index (κ1) is 14.5. The third-order valence-electron chi connectivity index (χ3n) is 4.57. The average molecular weight is 312 g/mol. The Morgan fingerprint density at radius 2 is 1.78 bits per heavy atom. The van der Waals surface area contributed by atoms with Gasteiger partial charge in [-0.2, -0.15) is 0 Å². The van der Waals surface area contributed by atoms with Crippen molar-refractivity contribution in [2.45, 2.75) is 38.1 Å². The van der Waals surface area contributed by atoms with Crippen LogP contribution in [0.5, 0.6) is 11.5 Å². The van der Waals surface area contributed by atoms with E-state index in [-0.39, 0.29) is 23.7 Å². The van der Waals surface area contributed by atoms with E-state index in [9.17, 15) is 10.2 Å². The molecule has 2 aromatic carbocycles. The normalized spacial score (nSPS) is 25.3. The minimum atomic E-state index is 0.213. The van der Waals surface area contributed by atoms with Crippen molar-refractivity contribution in [1.82, 2.24) is 0 Å². The minimum absolute atomic E-state index is 0.213. The van der Waals surface area contributed by atoms with E-state index in [0.29, 0.717) is 12.5 Å². The number of aromatic hydroxyl groups is 2. The molecule has 0 amide bonds. The fraction of sp³-hybridized carbons (Fsp3) is 0.368. The van der Waals surface area contributed by atoms with Crippen LogP contribution < -0.4 is 0 Å². The zero-order chi connectivity index (χ0) is 16.0. The Kier molecular flexibility index (Phi) is 3.51. The van der Waals surface area contributed by atoms with Crippen LogP contribution in [0.3, 0.4) is 0 Å². The van der Waals surface area contributed by atoms with Crippen LogP contribution in [0.15, 0.2) is 36.4 Å². The van der Waals surface area contributed by atoms with E-state index in [1.807, 2.05) is 24.3 Å². The topological polar surface area (TPSA) is 65.5 Å². The Morgan fingerprint density at radius 3 is 2.48 bits per heavy atom. The zero-order valence-corrected chi connectivity index (χ0v) is 13.0. The molecule has 23 heavy (non-hydrogen) atoms. The Balaban J connectivity index is 1.64. The summed E-state index contributed by atoms with van der Waals surface area (Å²) >= 11 is 0. The smallest absolute Gasteiger partial charge is 0.123 e. The quantitative estimate of drug-likeness (QED) is 0.833. The van der Waals surface area contributed by atoms with Crippen LogP contribution in [0.2, 0.25) is 0 Å². The third kappa shape index (κ3) is 3.19. The summed E-state index contributed by atoms with van der Waals surface area (Å²) in [7, 11) is 0. The molecule has 2 aliphatic rings. The molecular weight excluding hydrogens is 292 g/mol. The lowest BCUT2D eigenvalue weighted by Crippen LogP contribution is -1.97. The van der Waals surface area contributed by atoms with Gasteiger partial charge in [0, 0.05) is 18.4 Å². The van der Waals surface area contributed by atoms with Crippen LogP contribution in [0, 0.1) is 0 Å². The highest BCUT2D eigenvalue weighted by atomic mass is 16.6. The van der Waals surface area contributed by atoms with Crippen molar-refractivity contribution >= 4 is 0 Å². The van der Waals surface area contributed by atoms with Gasteiger partial charge in [0.15, 0.2) is 0 Å². The van der Waals surface area contributed by atoms with Gasteiger partial charge in [0.05, 0.1) is 24.9 Å². The second-order valence-corrected chi connectivity index (χ2v) is 6.44. The van der Waals surface area contributed by atoms with E-state index >= 15 is 0 Å². The number of rotatable bonds is 5. The molecule has 2 N–H and O–H groups in total. The molecule has 0 bridgehead atoms. The highest BCUT2D eigenvalue weighted by Gasteiger charge is 2.34. The predicted molar refractivity (Wildman–Crippen MR) is 86.7 cm³/mol. The molecule has 3 atom stereocenters. The first-order valence-electron chi connectivity index (χ1n) is 8.01. The molecule has 120 valence electrons. The molecule has 2 saturated heterocycles. The molecule has 4 heteroatoms. The van der Waals surface area contributed by atoms with Crippen LogP contribution in [-0.2, 0) is 22.3 Å². The zero-order valence-electron chi connectivity index (χ0n) is 13.0. The van der Waals surface area contributed by atoms with Gasteiger partial charge in [0.25, 0.3) is 0 Å². The summed E-state index contributed by atoms with van der Waals surface area (Å²) in [5.74, 6) is 0.526. The van der Waals surface area contributed by atoms with Crippen molar-refractivity contribution in [3.05, 3.63) is 47.5 Å². The summed E-state index contributed by atoms with van der Waals surface area (Å²) in [6.45, 7) is 2.82. The SMILES string of the molecule is CC1OC1Cc1ccc(O)c(-c2ccc(O)c(C[C@@H]3CO3)c2)c1. The molecule has 2 aromatic rings. The van der Waals surface area contributed by atoms with Crippen LogP contribution in [0.25, 0.3) is 11.1 Å². The predicted octanol–water partition coefficient (Wildman–Crippen LogP) is 3.04. The summed E-state index contributed by atoms with van der Waals surface area (Å²) in [6.07, 6.45) is 2.38. The van der Waals surface area contributed by atoms with Crippen LogP contribution >= 0.6 is 0 Å². The largest absolute Gasteiger partial charge is 0.508 e. The van der Waals surface area contributed by atoms with Gasteiger partial charge in [-0.25, -0.2) is 0 Å². The summed E-state index contributed by atoms with van der Waals surface area (Å²) in [4.78, 5) is 0. The maximum atomic E-state index is 10.2. The lowest BCUT2D eigenvalue weighted by atomic mass is 9.96. The fourth-order valence-corrected chi connectivity index (χ4v) is 2.97. The van der Waals surface area contributed by atoms with Crippen LogP contribution in [0.1, 0.15) is 18.1 Å². The molecule has 0 spiro atoms.